The van der Waals surface area contributed by atoms with Crippen molar-refractivity contribution in [2.24, 2.45) is 0 Å². The van der Waals surface area contributed by atoms with Crippen LogP contribution in [-0.2, 0) is 6.54 Å². The molecule has 0 spiro atoms. The summed E-state index contributed by atoms with van der Waals surface area (Å²) in [6, 6.07) is 11.2. The molecule has 6 nitrogen and oxygen atoms in total. The monoisotopic (exact) mass is 482 g/mol. The van der Waals surface area contributed by atoms with Crippen LogP contribution in [0.1, 0.15) is 42.1 Å². The lowest BCUT2D eigenvalue weighted by Gasteiger charge is -2.20. The summed E-state index contributed by atoms with van der Waals surface area (Å²) in [6.07, 6.45) is 8.33. The molecule has 2 heterocycles. The van der Waals surface area contributed by atoms with Crippen LogP contribution in [0.15, 0.2) is 55.1 Å². The minimum absolute atomic E-state index is 0.0801. The number of nitrogens with zero attached hydrogens (tertiary/aromatic N) is 4. The van der Waals surface area contributed by atoms with E-state index in [9.17, 15) is 4.79 Å². The Morgan fingerprint density at radius 1 is 1.21 bits per heavy atom. The van der Waals surface area contributed by atoms with Gasteiger partial charge < -0.3 is 9.30 Å². The van der Waals surface area contributed by atoms with Gasteiger partial charge in [-0.05, 0) is 61.7 Å². The quantitative estimate of drug-likeness (QED) is 0.246. The van der Waals surface area contributed by atoms with Gasteiger partial charge in [-0.3, -0.25) is 9.69 Å². The Morgan fingerprint density at radius 2 is 2.03 bits per heavy atom. The average Bonchev–Trinajstić information content (AvgIpc) is 3.47. The second-order valence-corrected chi connectivity index (χ2v) is 9.35. The van der Waals surface area contributed by atoms with Crippen molar-refractivity contribution in [3.8, 4) is 5.75 Å². The van der Waals surface area contributed by atoms with E-state index in [2.05, 4.69) is 11.9 Å². The van der Waals surface area contributed by atoms with Gasteiger partial charge in [0.25, 0.3) is 5.91 Å². The number of aryl methyl sites for hydroxylation is 2. The maximum atomic E-state index is 13.5. The molecule has 0 aliphatic rings. The van der Waals surface area contributed by atoms with Crippen molar-refractivity contribution in [3.05, 3.63) is 71.3 Å². The number of rotatable bonds is 10. The number of carbonyl (C=O) groups excluding carboxylic acids is 1. The number of benzene rings is 2. The summed E-state index contributed by atoms with van der Waals surface area (Å²) in [5.74, 6) is 0.695. The van der Waals surface area contributed by atoms with Crippen molar-refractivity contribution in [2.75, 3.05) is 18.1 Å². The summed E-state index contributed by atoms with van der Waals surface area (Å²) in [5.41, 5.74) is 2.49. The number of imidazole rings is 1. The van der Waals surface area contributed by atoms with Crippen molar-refractivity contribution in [1.29, 1.82) is 0 Å². The molecule has 33 heavy (non-hydrogen) atoms. The smallest absolute Gasteiger partial charge is 0.260 e. The number of aromatic nitrogens is 3. The van der Waals surface area contributed by atoms with Gasteiger partial charge in [-0.2, -0.15) is 0 Å². The summed E-state index contributed by atoms with van der Waals surface area (Å²) in [6.45, 7) is 6.10. The average molecular weight is 483 g/mol. The third kappa shape index (κ3) is 5.72. The van der Waals surface area contributed by atoms with E-state index in [0.29, 0.717) is 28.9 Å². The Kier molecular flexibility index (Phi) is 7.62. The van der Waals surface area contributed by atoms with E-state index in [1.807, 2.05) is 54.1 Å². The topological polar surface area (TPSA) is 60.2 Å². The molecule has 0 bridgehead atoms. The molecular weight excluding hydrogens is 456 g/mol. The van der Waals surface area contributed by atoms with Crippen LogP contribution >= 0.6 is 22.9 Å². The van der Waals surface area contributed by atoms with E-state index >= 15 is 0 Å². The molecule has 4 rings (SSSR count). The van der Waals surface area contributed by atoms with E-state index < -0.39 is 0 Å². The third-order valence-electron chi connectivity index (χ3n) is 5.34. The van der Waals surface area contributed by atoms with E-state index in [1.165, 1.54) is 11.3 Å². The first-order valence-electron chi connectivity index (χ1n) is 11.1. The molecule has 0 N–H and O–H groups in total. The Balaban J connectivity index is 1.58. The van der Waals surface area contributed by atoms with Crippen LogP contribution < -0.4 is 9.64 Å². The number of hydrogen-bond acceptors (Lipinski definition) is 5. The summed E-state index contributed by atoms with van der Waals surface area (Å²) in [5, 5.41) is 1.35. The number of carbonyl (C=O) groups is 1. The summed E-state index contributed by atoms with van der Waals surface area (Å²) in [7, 11) is 0. The Hall–Kier alpha value is -2.90. The number of anilines is 1. The third-order valence-corrected chi connectivity index (χ3v) is 6.58. The highest BCUT2D eigenvalue weighted by Gasteiger charge is 2.22. The lowest BCUT2D eigenvalue weighted by molar-refractivity contribution is 0.0986. The fraction of sp³-hybridized carbons (Fsp3) is 0.320. The zero-order valence-electron chi connectivity index (χ0n) is 18.8. The number of halogens is 1. The highest BCUT2D eigenvalue weighted by molar-refractivity contribution is 7.22. The van der Waals surface area contributed by atoms with Crippen molar-refractivity contribution in [2.45, 2.75) is 39.7 Å². The summed E-state index contributed by atoms with van der Waals surface area (Å²) in [4.78, 5) is 24.2. The molecule has 0 aliphatic carbocycles. The zero-order valence-corrected chi connectivity index (χ0v) is 20.4. The van der Waals surface area contributed by atoms with Gasteiger partial charge >= 0.3 is 0 Å². The second-order valence-electron chi connectivity index (χ2n) is 7.90. The minimum Gasteiger partial charge on any atom is -0.494 e. The van der Waals surface area contributed by atoms with Gasteiger partial charge in [0.1, 0.15) is 5.75 Å². The standard InChI is InChI=1S/C25H27ClN4O2S/c1-3-4-14-32-21-8-6-19(7-9-21)24(31)30(12-5-11-29-13-10-27-17-29)25-28-23-18(2)15-20(26)16-22(23)33-25/h6-10,13,15-17H,3-5,11-12,14H2,1-2H3. The SMILES string of the molecule is CCCCOc1ccc(C(=O)N(CCCn2ccnc2)c2nc3c(C)cc(Cl)cc3s2)cc1. The van der Waals surface area contributed by atoms with Gasteiger partial charge in [0.15, 0.2) is 5.13 Å². The fourth-order valence-corrected chi connectivity index (χ4v) is 5.00. The van der Waals surface area contributed by atoms with Gasteiger partial charge in [-0.15, -0.1) is 0 Å². The molecule has 0 saturated carbocycles. The summed E-state index contributed by atoms with van der Waals surface area (Å²) < 4.78 is 8.72. The maximum absolute atomic E-state index is 13.5. The summed E-state index contributed by atoms with van der Waals surface area (Å²) >= 11 is 7.74. The molecule has 2 aromatic carbocycles. The van der Waals surface area contributed by atoms with E-state index in [-0.39, 0.29) is 5.91 Å². The van der Waals surface area contributed by atoms with Crippen LogP contribution in [-0.4, -0.2) is 33.6 Å². The molecule has 172 valence electrons. The molecule has 0 aliphatic heterocycles. The molecule has 4 aromatic rings. The number of thiazole rings is 1. The normalized spacial score (nSPS) is 11.1. The number of ether oxygens (including phenoxy) is 1. The van der Waals surface area contributed by atoms with Crippen LogP contribution in [0.3, 0.4) is 0 Å². The van der Waals surface area contributed by atoms with Crippen molar-refractivity contribution >= 4 is 44.2 Å². The highest BCUT2D eigenvalue weighted by Crippen LogP contribution is 2.34. The van der Waals surface area contributed by atoms with Crippen LogP contribution in [0, 0.1) is 6.92 Å². The first kappa shape index (κ1) is 23.3. The molecule has 0 unspecified atom stereocenters. The van der Waals surface area contributed by atoms with Crippen molar-refractivity contribution in [1.82, 2.24) is 14.5 Å². The number of amides is 1. The molecule has 8 heteroatoms. The molecule has 0 atom stereocenters. The molecule has 2 aromatic heterocycles. The first-order chi connectivity index (χ1) is 16.0. The van der Waals surface area contributed by atoms with Crippen molar-refractivity contribution < 1.29 is 9.53 Å². The molecule has 0 fully saturated rings. The molecule has 0 radical (unpaired) electrons. The van der Waals surface area contributed by atoms with Crippen LogP contribution in [0.2, 0.25) is 5.02 Å². The Bertz CT molecular complexity index is 1210. The van der Waals surface area contributed by atoms with Crippen LogP contribution in [0.25, 0.3) is 10.2 Å². The van der Waals surface area contributed by atoms with Gasteiger partial charge in [0.2, 0.25) is 0 Å². The van der Waals surface area contributed by atoms with Gasteiger partial charge in [-0.1, -0.05) is 36.3 Å². The minimum atomic E-state index is -0.0801. The highest BCUT2D eigenvalue weighted by atomic mass is 35.5. The maximum Gasteiger partial charge on any atom is 0.260 e. The van der Waals surface area contributed by atoms with Gasteiger partial charge in [-0.25, -0.2) is 9.97 Å². The Labute approximate surface area is 202 Å². The number of unbranched alkanes of at least 4 members (excludes halogenated alkanes) is 1. The predicted molar refractivity (Wildman–Crippen MR) is 135 cm³/mol. The van der Waals surface area contributed by atoms with E-state index in [0.717, 1.165) is 47.3 Å². The van der Waals surface area contributed by atoms with E-state index in [4.69, 9.17) is 21.3 Å². The predicted octanol–water partition coefficient (Wildman–Crippen LogP) is 6.37. The molecule has 1 amide bonds. The zero-order chi connectivity index (χ0) is 23.2. The van der Waals surface area contributed by atoms with Gasteiger partial charge in [0, 0.05) is 36.1 Å². The fourth-order valence-electron chi connectivity index (χ4n) is 3.56. The lowest BCUT2D eigenvalue weighted by atomic mass is 10.2. The van der Waals surface area contributed by atoms with Crippen LogP contribution in [0.5, 0.6) is 5.75 Å². The largest absolute Gasteiger partial charge is 0.494 e. The number of hydrogen-bond donors (Lipinski definition) is 0. The second kappa shape index (κ2) is 10.8. The lowest BCUT2D eigenvalue weighted by Crippen LogP contribution is -2.32. The van der Waals surface area contributed by atoms with Crippen LogP contribution in [0.4, 0.5) is 5.13 Å². The van der Waals surface area contributed by atoms with Gasteiger partial charge in [0.05, 0.1) is 23.2 Å². The molecule has 0 saturated heterocycles. The molecular formula is C25H27ClN4O2S. The first-order valence-corrected chi connectivity index (χ1v) is 12.3. The van der Waals surface area contributed by atoms with E-state index in [1.54, 1.807) is 17.4 Å². The van der Waals surface area contributed by atoms with Crippen molar-refractivity contribution in [3.63, 3.8) is 0 Å². The Morgan fingerprint density at radius 3 is 2.76 bits per heavy atom. The number of fused-ring (bicyclic) bond motifs is 1.